The van der Waals surface area contributed by atoms with Crippen LogP contribution in [0.15, 0.2) is 36.5 Å². The van der Waals surface area contributed by atoms with Gasteiger partial charge in [-0.25, -0.2) is 9.97 Å². The lowest BCUT2D eigenvalue weighted by atomic mass is 10.2. The molecule has 0 aliphatic rings. The lowest BCUT2D eigenvalue weighted by Crippen LogP contribution is -2.15. The van der Waals surface area contributed by atoms with E-state index in [1.807, 2.05) is 14.0 Å². The number of hydrogen-bond acceptors (Lipinski definition) is 5. The lowest BCUT2D eigenvalue weighted by Gasteiger charge is -2.07. The third-order valence-electron chi connectivity index (χ3n) is 2.95. The van der Waals surface area contributed by atoms with Gasteiger partial charge in [-0.2, -0.15) is 0 Å². The molecule has 2 N–H and O–H groups in total. The Morgan fingerprint density at radius 1 is 1.23 bits per heavy atom. The molecular weight excluding hydrogens is 280 g/mol. The largest absolute Gasteiger partial charge is 0.424 e. The standard InChI is InChI=1S/C16H20N4O2/c1-12-9-11-18-16(19-12)22-14-7-5-13(6-8-14)20-15(21)4-3-10-17-2/h5-9,11,17H,3-4,10H2,1-2H3,(H,20,21). The molecule has 22 heavy (non-hydrogen) atoms. The zero-order valence-electron chi connectivity index (χ0n) is 12.8. The maximum absolute atomic E-state index is 11.7. The fourth-order valence-electron chi connectivity index (χ4n) is 1.84. The second-order valence-corrected chi connectivity index (χ2v) is 4.86. The fraction of sp³-hybridized carbons (Fsp3) is 0.312. The van der Waals surface area contributed by atoms with Crippen LogP contribution in [0.2, 0.25) is 0 Å². The average molecular weight is 300 g/mol. The van der Waals surface area contributed by atoms with Crippen LogP contribution in [0, 0.1) is 6.92 Å². The molecule has 0 spiro atoms. The summed E-state index contributed by atoms with van der Waals surface area (Å²) in [4.78, 5) is 19.9. The Morgan fingerprint density at radius 3 is 2.68 bits per heavy atom. The van der Waals surface area contributed by atoms with Gasteiger partial charge >= 0.3 is 6.01 Å². The Balaban J connectivity index is 1.88. The molecule has 1 heterocycles. The molecule has 0 unspecified atom stereocenters. The minimum Gasteiger partial charge on any atom is -0.424 e. The number of anilines is 1. The number of amides is 1. The minimum absolute atomic E-state index is 0.00550. The van der Waals surface area contributed by atoms with E-state index in [1.54, 1.807) is 36.5 Å². The minimum atomic E-state index is 0.00550. The number of ether oxygens (including phenoxy) is 1. The maximum atomic E-state index is 11.7. The van der Waals surface area contributed by atoms with E-state index in [2.05, 4.69) is 20.6 Å². The van der Waals surface area contributed by atoms with E-state index in [1.165, 1.54) is 0 Å². The number of nitrogens with one attached hydrogen (secondary N) is 2. The van der Waals surface area contributed by atoms with Crippen molar-refractivity contribution in [2.75, 3.05) is 18.9 Å². The number of nitrogens with zero attached hydrogens (tertiary/aromatic N) is 2. The number of rotatable bonds is 7. The quantitative estimate of drug-likeness (QED) is 0.768. The maximum Gasteiger partial charge on any atom is 0.322 e. The van der Waals surface area contributed by atoms with Gasteiger partial charge in [-0.1, -0.05) is 0 Å². The van der Waals surface area contributed by atoms with Crippen molar-refractivity contribution >= 4 is 11.6 Å². The lowest BCUT2D eigenvalue weighted by molar-refractivity contribution is -0.116. The van der Waals surface area contributed by atoms with Crippen molar-refractivity contribution in [1.82, 2.24) is 15.3 Å². The van der Waals surface area contributed by atoms with Crippen LogP contribution in [-0.4, -0.2) is 29.5 Å². The smallest absolute Gasteiger partial charge is 0.322 e. The van der Waals surface area contributed by atoms with Crippen LogP contribution in [0.5, 0.6) is 11.8 Å². The van der Waals surface area contributed by atoms with E-state index in [0.29, 0.717) is 18.2 Å². The van der Waals surface area contributed by atoms with Crippen molar-refractivity contribution in [2.45, 2.75) is 19.8 Å². The number of benzene rings is 1. The normalized spacial score (nSPS) is 10.3. The molecule has 1 aromatic carbocycles. The number of carbonyl (C=O) groups is 1. The topological polar surface area (TPSA) is 76.1 Å². The highest BCUT2D eigenvalue weighted by molar-refractivity contribution is 5.90. The van der Waals surface area contributed by atoms with Gasteiger partial charge in [0.2, 0.25) is 5.91 Å². The van der Waals surface area contributed by atoms with E-state index in [9.17, 15) is 4.79 Å². The predicted molar refractivity (Wildman–Crippen MR) is 85.1 cm³/mol. The third kappa shape index (κ3) is 5.14. The zero-order chi connectivity index (χ0) is 15.8. The second kappa shape index (κ2) is 8.09. The molecule has 0 saturated heterocycles. The zero-order valence-corrected chi connectivity index (χ0v) is 12.8. The van der Waals surface area contributed by atoms with Crippen molar-refractivity contribution in [3.8, 4) is 11.8 Å². The summed E-state index contributed by atoms with van der Waals surface area (Å²) in [5.41, 5.74) is 1.59. The summed E-state index contributed by atoms with van der Waals surface area (Å²) in [7, 11) is 1.87. The molecule has 1 amide bonds. The molecule has 0 aliphatic carbocycles. The number of hydrogen-bond donors (Lipinski definition) is 2. The summed E-state index contributed by atoms with van der Waals surface area (Å²) in [6, 6.07) is 9.25. The van der Waals surface area contributed by atoms with Crippen LogP contribution in [0.1, 0.15) is 18.5 Å². The van der Waals surface area contributed by atoms with Crippen molar-refractivity contribution in [1.29, 1.82) is 0 Å². The van der Waals surface area contributed by atoms with Crippen molar-refractivity contribution in [3.05, 3.63) is 42.2 Å². The van der Waals surface area contributed by atoms with Crippen molar-refractivity contribution in [3.63, 3.8) is 0 Å². The number of carbonyl (C=O) groups excluding carboxylic acids is 1. The number of aryl methyl sites for hydroxylation is 1. The molecule has 2 rings (SSSR count). The van der Waals surface area contributed by atoms with Gasteiger partial charge in [-0.05, 0) is 57.3 Å². The fourth-order valence-corrected chi connectivity index (χ4v) is 1.84. The highest BCUT2D eigenvalue weighted by atomic mass is 16.5. The molecule has 0 bridgehead atoms. The van der Waals surface area contributed by atoms with Crippen molar-refractivity contribution in [2.24, 2.45) is 0 Å². The van der Waals surface area contributed by atoms with Crippen LogP contribution in [-0.2, 0) is 4.79 Å². The summed E-state index contributed by atoms with van der Waals surface area (Å²) in [6.07, 6.45) is 2.96. The molecule has 0 aliphatic heterocycles. The number of aromatic nitrogens is 2. The van der Waals surface area contributed by atoms with E-state index in [4.69, 9.17) is 4.74 Å². The summed E-state index contributed by atoms with van der Waals surface area (Å²) in [5, 5.41) is 5.86. The highest BCUT2D eigenvalue weighted by Crippen LogP contribution is 2.20. The first-order chi connectivity index (χ1) is 10.7. The predicted octanol–water partition coefficient (Wildman–Crippen LogP) is 2.52. The van der Waals surface area contributed by atoms with E-state index < -0.39 is 0 Å². The summed E-state index contributed by atoms with van der Waals surface area (Å²) in [6.45, 7) is 2.71. The first-order valence-electron chi connectivity index (χ1n) is 7.19. The van der Waals surface area contributed by atoms with Crippen LogP contribution < -0.4 is 15.4 Å². The Bertz CT molecular complexity index is 614. The summed E-state index contributed by atoms with van der Waals surface area (Å²) >= 11 is 0. The highest BCUT2D eigenvalue weighted by Gasteiger charge is 2.04. The Kier molecular flexibility index (Phi) is 5.85. The second-order valence-electron chi connectivity index (χ2n) is 4.86. The van der Waals surface area contributed by atoms with E-state index in [-0.39, 0.29) is 5.91 Å². The Morgan fingerprint density at radius 2 is 2.00 bits per heavy atom. The molecule has 116 valence electrons. The van der Waals surface area contributed by atoms with Gasteiger partial charge in [-0.15, -0.1) is 0 Å². The summed E-state index contributed by atoms with van der Waals surface area (Å²) in [5.74, 6) is 0.629. The molecule has 6 nitrogen and oxygen atoms in total. The Labute approximate surface area is 129 Å². The molecule has 0 atom stereocenters. The first-order valence-corrected chi connectivity index (χ1v) is 7.19. The van der Waals surface area contributed by atoms with Crippen LogP contribution >= 0.6 is 0 Å². The molecule has 2 aromatic rings. The molecule has 0 radical (unpaired) electrons. The molecule has 0 fully saturated rings. The van der Waals surface area contributed by atoms with Crippen LogP contribution in [0.25, 0.3) is 0 Å². The van der Waals surface area contributed by atoms with Gasteiger partial charge in [0.05, 0.1) is 0 Å². The van der Waals surface area contributed by atoms with Gasteiger partial charge in [0, 0.05) is 24.0 Å². The first kappa shape index (κ1) is 15.9. The van der Waals surface area contributed by atoms with E-state index >= 15 is 0 Å². The van der Waals surface area contributed by atoms with Gasteiger partial charge in [0.25, 0.3) is 0 Å². The Hall–Kier alpha value is -2.47. The SMILES string of the molecule is CNCCCC(=O)Nc1ccc(Oc2nccc(C)n2)cc1. The van der Waals surface area contributed by atoms with Gasteiger partial charge in [0.1, 0.15) is 5.75 Å². The summed E-state index contributed by atoms with van der Waals surface area (Å²) < 4.78 is 5.56. The average Bonchev–Trinajstić information content (AvgIpc) is 2.50. The molecule has 1 aromatic heterocycles. The third-order valence-corrected chi connectivity index (χ3v) is 2.95. The van der Waals surface area contributed by atoms with Gasteiger partial charge in [0.15, 0.2) is 0 Å². The molecule has 6 heteroatoms. The van der Waals surface area contributed by atoms with Crippen LogP contribution in [0.4, 0.5) is 5.69 Å². The van der Waals surface area contributed by atoms with Crippen LogP contribution in [0.3, 0.4) is 0 Å². The monoisotopic (exact) mass is 300 g/mol. The van der Waals surface area contributed by atoms with E-state index in [0.717, 1.165) is 24.3 Å². The molecular formula is C16H20N4O2. The van der Waals surface area contributed by atoms with Gasteiger partial charge < -0.3 is 15.4 Å². The van der Waals surface area contributed by atoms with Gasteiger partial charge in [-0.3, -0.25) is 4.79 Å². The van der Waals surface area contributed by atoms with Crippen molar-refractivity contribution < 1.29 is 9.53 Å². The molecule has 0 saturated carbocycles.